The minimum atomic E-state index is -5.93. The average molecular weight is 310 g/mol. The van der Waals surface area contributed by atoms with E-state index in [4.69, 9.17) is 0 Å². The number of hydrogen-bond donors (Lipinski definition) is 0. The minimum Gasteiger partial charge on any atom is -0.373 e. The van der Waals surface area contributed by atoms with E-state index >= 15 is 0 Å². The number of benzene rings is 1. The van der Waals surface area contributed by atoms with Crippen molar-refractivity contribution in [1.82, 2.24) is 9.78 Å². The molecule has 0 aliphatic rings. The van der Waals surface area contributed by atoms with Crippen LogP contribution in [0.2, 0.25) is 0 Å². The zero-order valence-electron chi connectivity index (χ0n) is 9.50. The standard InChI is InChI=1S/C10H6F4N2O3S/c11-8-3-2-7(16-5-1-4-15-16)6-9(8)19-20(17,18)10(12,13)14/h1-6H. The van der Waals surface area contributed by atoms with Gasteiger partial charge in [-0.1, -0.05) is 0 Å². The predicted octanol–water partition coefficient (Wildman–Crippen LogP) is 2.24. The maximum Gasteiger partial charge on any atom is 0.534 e. The van der Waals surface area contributed by atoms with E-state index in [1.54, 1.807) is 0 Å². The van der Waals surface area contributed by atoms with Gasteiger partial charge in [0, 0.05) is 18.5 Å². The van der Waals surface area contributed by atoms with Gasteiger partial charge in [0.15, 0.2) is 11.6 Å². The molecule has 0 unspecified atom stereocenters. The maximum atomic E-state index is 13.3. The van der Waals surface area contributed by atoms with Crippen LogP contribution in [0.15, 0.2) is 36.7 Å². The number of alkyl halides is 3. The molecule has 0 saturated heterocycles. The molecule has 20 heavy (non-hydrogen) atoms. The van der Waals surface area contributed by atoms with Crippen LogP contribution in [0.4, 0.5) is 17.6 Å². The van der Waals surface area contributed by atoms with Gasteiger partial charge in [-0.2, -0.15) is 26.7 Å². The van der Waals surface area contributed by atoms with Crippen LogP contribution in [0, 0.1) is 5.82 Å². The molecular weight excluding hydrogens is 304 g/mol. The van der Waals surface area contributed by atoms with Crippen LogP contribution in [0.25, 0.3) is 5.69 Å². The van der Waals surface area contributed by atoms with Crippen LogP contribution in [0.1, 0.15) is 0 Å². The Bertz CT molecular complexity index is 711. The lowest BCUT2D eigenvalue weighted by atomic mass is 10.3. The van der Waals surface area contributed by atoms with Crippen molar-refractivity contribution in [3.8, 4) is 11.4 Å². The lowest BCUT2D eigenvalue weighted by Gasteiger charge is -2.11. The fourth-order valence-electron chi connectivity index (χ4n) is 1.29. The second-order valence-electron chi connectivity index (χ2n) is 3.55. The Morgan fingerprint density at radius 1 is 1.25 bits per heavy atom. The first-order valence-electron chi connectivity index (χ1n) is 5.01. The Hall–Kier alpha value is -2.10. The highest BCUT2D eigenvalue weighted by atomic mass is 32.2. The number of halogens is 4. The van der Waals surface area contributed by atoms with Gasteiger partial charge in [-0.25, -0.2) is 9.07 Å². The molecular formula is C10H6F4N2O3S. The highest BCUT2D eigenvalue weighted by Gasteiger charge is 2.48. The van der Waals surface area contributed by atoms with Crippen molar-refractivity contribution >= 4 is 10.1 Å². The van der Waals surface area contributed by atoms with Gasteiger partial charge in [-0.3, -0.25) is 0 Å². The molecule has 0 saturated carbocycles. The fraction of sp³-hybridized carbons (Fsp3) is 0.100. The summed E-state index contributed by atoms with van der Waals surface area (Å²) in [7, 11) is -5.93. The van der Waals surface area contributed by atoms with Gasteiger partial charge in [-0.05, 0) is 18.2 Å². The molecule has 0 N–H and O–H groups in total. The number of aromatic nitrogens is 2. The van der Waals surface area contributed by atoms with E-state index in [1.165, 1.54) is 29.2 Å². The lowest BCUT2D eigenvalue weighted by Crippen LogP contribution is -2.28. The van der Waals surface area contributed by atoms with Gasteiger partial charge in [0.05, 0.1) is 5.69 Å². The molecule has 0 bridgehead atoms. The van der Waals surface area contributed by atoms with Crippen molar-refractivity contribution in [2.75, 3.05) is 0 Å². The van der Waals surface area contributed by atoms with Crippen molar-refractivity contribution in [3.05, 3.63) is 42.5 Å². The van der Waals surface area contributed by atoms with E-state index in [2.05, 4.69) is 9.28 Å². The molecule has 2 rings (SSSR count). The van der Waals surface area contributed by atoms with Crippen molar-refractivity contribution in [2.45, 2.75) is 5.51 Å². The smallest absolute Gasteiger partial charge is 0.373 e. The summed E-state index contributed by atoms with van der Waals surface area (Å²) in [5, 5.41) is 3.77. The van der Waals surface area contributed by atoms with E-state index < -0.39 is 27.2 Å². The van der Waals surface area contributed by atoms with E-state index in [9.17, 15) is 26.0 Å². The van der Waals surface area contributed by atoms with Crippen LogP contribution in [0.5, 0.6) is 5.75 Å². The normalized spacial score (nSPS) is 12.4. The highest BCUT2D eigenvalue weighted by molar-refractivity contribution is 7.88. The first-order chi connectivity index (χ1) is 9.21. The molecule has 1 aromatic carbocycles. The van der Waals surface area contributed by atoms with Gasteiger partial charge >= 0.3 is 15.6 Å². The van der Waals surface area contributed by atoms with Crippen LogP contribution < -0.4 is 4.18 Å². The molecule has 5 nitrogen and oxygen atoms in total. The first kappa shape index (κ1) is 14.3. The Morgan fingerprint density at radius 2 is 1.95 bits per heavy atom. The SMILES string of the molecule is O=S(=O)(Oc1cc(-n2cccn2)ccc1F)C(F)(F)F. The molecule has 0 spiro atoms. The zero-order valence-corrected chi connectivity index (χ0v) is 10.3. The summed E-state index contributed by atoms with van der Waals surface area (Å²) in [4.78, 5) is 0. The van der Waals surface area contributed by atoms with Crippen LogP contribution in [-0.2, 0) is 10.1 Å². The van der Waals surface area contributed by atoms with Gasteiger partial charge in [0.2, 0.25) is 0 Å². The summed E-state index contributed by atoms with van der Waals surface area (Å²) < 4.78 is 76.5. The summed E-state index contributed by atoms with van der Waals surface area (Å²) >= 11 is 0. The van der Waals surface area contributed by atoms with Gasteiger partial charge in [0.1, 0.15) is 0 Å². The van der Waals surface area contributed by atoms with E-state index in [-0.39, 0.29) is 5.69 Å². The molecule has 108 valence electrons. The molecule has 0 atom stereocenters. The topological polar surface area (TPSA) is 61.2 Å². The minimum absolute atomic E-state index is 0.142. The third kappa shape index (κ3) is 2.74. The summed E-state index contributed by atoms with van der Waals surface area (Å²) in [5.41, 5.74) is -5.50. The van der Waals surface area contributed by atoms with Crippen molar-refractivity contribution in [1.29, 1.82) is 0 Å². The quantitative estimate of drug-likeness (QED) is 0.495. The zero-order chi connectivity index (χ0) is 15.0. The van der Waals surface area contributed by atoms with Crippen LogP contribution in [-0.4, -0.2) is 23.7 Å². The summed E-state index contributed by atoms with van der Waals surface area (Å²) in [6, 6.07) is 4.30. The molecule has 10 heteroatoms. The highest BCUT2D eigenvalue weighted by Crippen LogP contribution is 2.29. The fourth-order valence-corrected chi connectivity index (χ4v) is 1.74. The van der Waals surface area contributed by atoms with Gasteiger partial charge in [-0.15, -0.1) is 0 Å². The van der Waals surface area contributed by atoms with E-state index in [1.807, 2.05) is 0 Å². The second kappa shape index (κ2) is 4.78. The molecule has 0 amide bonds. The van der Waals surface area contributed by atoms with Gasteiger partial charge < -0.3 is 4.18 Å². The Kier molecular flexibility index (Phi) is 3.42. The molecule has 0 radical (unpaired) electrons. The largest absolute Gasteiger partial charge is 0.534 e. The maximum absolute atomic E-state index is 13.3. The Morgan fingerprint density at radius 3 is 2.50 bits per heavy atom. The van der Waals surface area contributed by atoms with Crippen molar-refractivity contribution in [2.24, 2.45) is 0 Å². The number of hydrogen-bond acceptors (Lipinski definition) is 4. The monoisotopic (exact) mass is 310 g/mol. The average Bonchev–Trinajstić information content (AvgIpc) is 2.84. The van der Waals surface area contributed by atoms with Gasteiger partial charge in [0.25, 0.3) is 0 Å². The molecule has 1 aromatic heterocycles. The Balaban J connectivity index is 2.41. The van der Waals surface area contributed by atoms with Crippen molar-refractivity contribution < 1.29 is 30.2 Å². The summed E-state index contributed by atoms with van der Waals surface area (Å²) in [6.07, 6.45) is 2.83. The number of rotatable bonds is 3. The second-order valence-corrected chi connectivity index (χ2v) is 5.09. The van der Waals surface area contributed by atoms with Crippen LogP contribution >= 0.6 is 0 Å². The van der Waals surface area contributed by atoms with E-state index in [0.717, 1.165) is 12.1 Å². The molecule has 1 heterocycles. The Labute approximate surface area is 110 Å². The molecule has 0 fully saturated rings. The predicted molar refractivity (Wildman–Crippen MR) is 59.1 cm³/mol. The summed E-state index contributed by atoms with van der Waals surface area (Å²) in [5.74, 6) is -2.30. The van der Waals surface area contributed by atoms with E-state index in [0.29, 0.717) is 0 Å². The third-order valence-electron chi connectivity index (χ3n) is 2.17. The molecule has 0 aliphatic heterocycles. The summed E-state index contributed by atoms with van der Waals surface area (Å²) in [6.45, 7) is 0. The van der Waals surface area contributed by atoms with Crippen molar-refractivity contribution in [3.63, 3.8) is 0 Å². The third-order valence-corrected chi connectivity index (χ3v) is 3.13. The van der Waals surface area contributed by atoms with Crippen LogP contribution in [0.3, 0.4) is 0 Å². The molecule has 0 aliphatic carbocycles. The first-order valence-corrected chi connectivity index (χ1v) is 6.42. The number of nitrogens with zero attached hydrogens (tertiary/aromatic N) is 2. The molecule has 2 aromatic rings. The lowest BCUT2D eigenvalue weighted by molar-refractivity contribution is -0.0500.